The molecule has 5 nitrogen and oxygen atoms in total. The van der Waals surface area contributed by atoms with Crippen LogP contribution in [0.1, 0.15) is 65.1 Å². The summed E-state index contributed by atoms with van der Waals surface area (Å²) < 4.78 is 1.94. The lowest BCUT2D eigenvalue weighted by Gasteiger charge is -2.33. The van der Waals surface area contributed by atoms with Crippen LogP contribution in [-0.2, 0) is 6.61 Å². The van der Waals surface area contributed by atoms with E-state index in [1.807, 2.05) is 10.9 Å². The van der Waals surface area contributed by atoms with E-state index >= 15 is 0 Å². The fourth-order valence-corrected chi connectivity index (χ4v) is 3.52. The van der Waals surface area contributed by atoms with Crippen LogP contribution in [0, 0.1) is 11.3 Å². The first-order valence-corrected chi connectivity index (χ1v) is 8.61. The van der Waals surface area contributed by atoms with E-state index in [-0.39, 0.29) is 6.61 Å². The van der Waals surface area contributed by atoms with Crippen LogP contribution in [-0.4, -0.2) is 44.6 Å². The van der Waals surface area contributed by atoms with Crippen molar-refractivity contribution in [2.24, 2.45) is 11.3 Å². The molecule has 1 N–H and O–H groups in total. The van der Waals surface area contributed by atoms with Gasteiger partial charge in [0.15, 0.2) is 0 Å². The summed E-state index contributed by atoms with van der Waals surface area (Å²) in [6, 6.07) is 0.441. The minimum atomic E-state index is -0.0233. The predicted octanol–water partition coefficient (Wildman–Crippen LogP) is 2.87. The van der Waals surface area contributed by atoms with Gasteiger partial charge in [-0.15, -0.1) is 5.10 Å². The summed E-state index contributed by atoms with van der Waals surface area (Å²) in [4.78, 5) is 2.58. The Bertz CT molecular complexity index is 444. The molecule has 0 radical (unpaired) electrons. The molecule has 1 fully saturated rings. The lowest BCUT2D eigenvalue weighted by atomic mass is 9.84. The summed E-state index contributed by atoms with van der Waals surface area (Å²) in [5, 5.41) is 17.2. The topological polar surface area (TPSA) is 54.2 Å². The molecule has 1 aromatic rings. The van der Waals surface area contributed by atoms with E-state index in [9.17, 15) is 0 Å². The van der Waals surface area contributed by atoms with Gasteiger partial charge in [-0.2, -0.15) is 0 Å². The summed E-state index contributed by atoms with van der Waals surface area (Å²) in [5.74, 6) is 0.792. The molecule has 0 aromatic carbocycles. The first kappa shape index (κ1) is 17.4. The Labute approximate surface area is 134 Å². The molecular formula is C17H32N4O. The van der Waals surface area contributed by atoms with Gasteiger partial charge in [0, 0.05) is 13.1 Å². The number of aliphatic hydroxyl groups is 1. The average molecular weight is 308 g/mol. The highest BCUT2D eigenvalue weighted by Gasteiger charge is 2.22. The van der Waals surface area contributed by atoms with E-state index in [4.69, 9.17) is 5.11 Å². The molecule has 0 spiro atoms. The lowest BCUT2D eigenvalue weighted by Crippen LogP contribution is -2.36. The molecule has 1 aliphatic heterocycles. The third-order valence-corrected chi connectivity index (χ3v) is 4.55. The summed E-state index contributed by atoms with van der Waals surface area (Å²) in [5.41, 5.74) is 1.10. The molecule has 126 valence electrons. The number of hydrogen-bond acceptors (Lipinski definition) is 4. The Kier molecular flexibility index (Phi) is 5.98. The smallest absolute Gasteiger partial charge is 0.108 e. The number of nitrogens with zero attached hydrogens (tertiary/aromatic N) is 4. The van der Waals surface area contributed by atoms with Gasteiger partial charge in [0.2, 0.25) is 0 Å². The first-order chi connectivity index (χ1) is 10.4. The molecule has 2 heterocycles. The largest absolute Gasteiger partial charge is 0.390 e. The first-order valence-electron chi connectivity index (χ1n) is 8.61. The highest BCUT2D eigenvalue weighted by atomic mass is 16.3. The minimum Gasteiger partial charge on any atom is -0.390 e. The van der Waals surface area contributed by atoms with Crippen LogP contribution in [0.4, 0.5) is 0 Å². The third kappa shape index (κ3) is 5.36. The summed E-state index contributed by atoms with van der Waals surface area (Å²) in [7, 11) is 0. The molecule has 1 aliphatic rings. The molecule has 1 unspecified atom stereocenters. The van der Waals surface area contributed by atoms with Crippen LogP contribution >= 0.6 is 0 Å². The Hall–Kier alpha value is -0.940. The highest BCUT2D eigenvalue weighted by Crippen LogP contribution is 2.27. The van der Waals surface area contributed by atoms with Crippen LogP contribution in [0.2, 0.25) is 0 Å². The molecule has 2 rings (SSSR count). The van der Waals surface area contributed by atoms with Crippen molar-refractivity contribution in [3.63, 3.8) is 0 Å². The second-order valence-corrected chi connectivity index (χ2v) is 8.08. The van der Waals surface area contributed by atoms with Crippen LogP contribution in [0.5, 0.6) is 0 Å². The second kappa shape index (κ2) is 7.55. The summed E-state index contributed by atoms with van der Waals surface area (Å²) in [6.45, 7) is 12.8. The average Bonchev–Trinajstić information content (AvgIpc) is 2.93. The Morgan fingerprint density at radius 2 is 2.00 bits per heavy atom. The van der Waals surface area contributed by atoms with Crippen molar-refractivity contribution < 1.29 is 5.11 Å². The van der Waals surface area contributed by atoms with Crippen LogP contribution in [0.3, 0.4) is 0 Å². The van der Waals surface area contributed by atoms with E-state index in [0.29, 0.717) is 17.2 Å². The number of aromatic nitrogens is 3. The standard InChI is InChI=1S/C17H32N4O/c1-14(11-17(2,3)4)5-8-20-9-6-16(7-10-20)21-12-15(13-22)18-19-21/h12,14,16,22H,5-11,13H2,1-4H3. The number of aliphatic hydroxyl groups excluding tert-OH is 1. The van der Waals surface area contributed by atoms with Gasteiger partial charge >= 0.3 is 0 Å². The zero-order valence-electron chi connectivity index (χ0n) is 14.6. The van der Waals surface area contributed by atoms with Crippen molar-refractivity contribution in [2.75, 3.05) is 19.6 Å². The molecule has 1 aromatic heterocycles. The van der Waals surface area contributed by atoms with Crippen LogP contribution in [0.25, 0.3) is 0 Å². The summed E-state index contributed by atoms with van der Waals surface area (Å²) in [6.07, 6.45) is 6.72. The number of likely N-dealkylation sites (tertiary alicyclic amines) is 1. The fraction of sp³-hybridized carbons (Fsp3) is 0.882. The van der Waals surface area contributed by atoms with E-state index in [0.717, 1.165) is 31.8 Å². The van der Waals surface area contributed by atoms with Crippen LogP contribution in [0.15, 0.2) is 6.20 Å². The molecule has 0 amide bonds. The van der Waals surface area contributed by atoms with Gasteiger partial charge in [-0.1, -0.05) is 32.9 Å². The second-order valence-electron chi connectivity index (χ2n) is 8.08. The van der Waals surface area contributed by atoms with Crippen molar-refractivity contribution in [2.45, 2.75) is 66.0 Å². The molecule has 0 saturated carbocycles. The maximum Gasteiger partial charge on any atom is 0.108 e. The number of rotatable bonds is 6. The van der Waals surface area contributed by atoms with Crippen molar-refractivity contribution in [1.29, 1.82) is 0 Å². The van der Waals surface area contributed by atoms with E-state index < -0.39 is 0 Å². The van der Waals surface area contributed by atoms with E-state index in [1.54, 1.807) is 0 Å². The van der Waals surface area contributed by atoms with Gasteiger partial charge in [0.25, 0.3) is 0 Å². The van der Waals surface area contributed by atoms with E-state index in [2.05, 4.69) is 42.9 Å². The molecule has 5 heteroatoms. The van der Waals surface area contributed by atoms with Crippen molar-refractivity contribution in [1.82, 2.24) is 19.9 Å². The zero-order chi connectivity index (χ0) is 16.2. The normalized spacial score (nSPS) is 19.5. The SMILES string of the molecule is CC(CCN1CCC(n2cc(CO)nn2)CC1)CC(C)(C)C. The minimum absolute atomic E-state index is 0.0233. The Balaban J connectivity index is 1.71. The van der Waals surface area contributed by atoms with Gasteiger partial charge < -0.3 is 10.0 Å². The van der Waals surface area contributed by atoms with Gasteiger partial charge in [-0.25, -0.2) is 4.68 Å². The maximum atomic E-state index is 9.07. The van der Waals surface area contributed by atoms with Gasteiger partial charge in [0.1, 0.15) is 5.69 Å². The van der Waals surface area contributed by atoms with Gasteiger partial charge in [0.05, 0.1) is 18.8 Å². The Morgan fingerprint density at radius 3 is 2.55 bits per heavy atom. The lowest BCUT2D eigenvalue weighted by molar-refractivity contribution is 0.164. The van der Waals surface area contributed by atoms with Crippen molar-refractivity contribution in [3.8, 4) is 0 Å². The highest BCUT2D eigenvalue weighted by molar-refractivity contribution is 4.91. The molecule has 22 heavy (non-hydrogen) atoms. The zero-order valence-corrected chi connectivity index (χ0v) is 14.6. The monoisotopic (exact) mass is 308 g/mol. The van der Waals surface area contributed by atoms with Gasteiger partial charge in [-0.05, 0) is 43.6 Å². The number of hydrogen-bond donors (Lipinski definition) is 1. The fourth-order valence-electron chi connectivity index (χ4n) is 3.52. The van der Waals surface area contributed by atoms with Crippen molar-refractivity contribution >= 4 is 0 Å². The molecule has 0 aliphatic carbocycles. The quantitative estimate of drug-likeness (QED) is 0.878. The Morgan fingerprint density at radius 1 is 1.32 bits per heavy atom. The third-order valence-electron chi connectivity index (χ3n) is 4.55. The summed E-state index contributed by atoms with van der Waals surface area (Å²) >= 11 is 0. The van der Waals surface area contributed by atoms with Crippen LogP contribution < -0.4 is 0 Å². The maximum absolute atomic E-state index is 9.07. The predicted molar refractivity (Wildman–Crippen MR) is 88.5 cm³/mol. The molecule has 0 bridgehead atoms. The van der Waals surface area contributed by atoms with E-state index in [1.165, 1.54) is 19.4 Å². The molecule has 1 atom stereocenters. The number of piperidine rings is 1. The van der Waals surface area contributed by atoms with Crippen molar-refractivity contribution in [3.05, 3.63) is 11.9 Å². The van der Waals surface area contributed by atoms with Gasteiger partial charge in [-0.3, -0.25) is 0 Å². The molecular weight excluding hydrogens is 276 g/mol. The molecule has 1 saturated heterocycles.